The first kappa shape index (κ1) is 15.6. The van der Waals surface area contributed by atoms with Crippen molar-refractivity contribution < 1.29 is 9.72 Å². The second kappa shape index (κ2) is 6.88. The lowest BCUT2D eigenvalue weighted by atomic mass is 10.1. The van der Waals surface area contributed by atoms with Gasteiger partial charge >= 0.3 is 0 Å². The van der Waals surface area contributed by atoms with Crippen molar-refractivity contribution in [1.82, 2.24) is 4.98 Å². The molecule has 0 unspecified atom stereocenters. The number of hydrogen-bond acceptors (Lipinski definition) is 6. The predicted octanol–water partition coefficient (Wildman–Crippen LogP) is 4.05. The van der Waals surface area contributed by atoms with E-state index in [0.29, 0.717) is 10.8 Å². The molecular formula is C16H12N4O3S. The molecule has 3 aromatic rings. The molecule has 2 N–H and O–H groups in total. The van der Waals surface area contributed by atoms with Gasteiger partial charge in [0, 0.05) is 28.9 Å². The lowest BCUT2D eigenvalue weighted by Crippen LogP contribution is -2.12. The molecule has 0 saturated heterocycles. The van der Waals surface area contributed by atoms with Gasteiger partial charge in [0.1, 0.15) is 5.69 Å². The molecular weight excluding hydrogens is 328 g/mol. The van der Waals surface area contributed by atoms with Gasteiger partial charge in [-0.15, -0.1) is 11.3 Å². The Kier molecular flexibility index (Phi) is 4.48. The summed E-state index contributed by atoms with van der Waals surface area (Å²) in [7, 11) is 0. The SMILES string of the molecule is O=C(Nc1nccs1)c1ccc(Nc2ccccc2)c([N+](=O)[O-])c1. The Morgan fingerprint density at radius 2 is 1.96 bits per heavy atom. The van der Waals surface area contributed by atoms with Gasteiger partial charge < -0.3 is 5.32 Å². The normalized spacial score (nSPS) is 10.2. The van der Waals surface area contributed by atoms with Gasteiger partial charge in [0.15, 0.2) is 5.13 Å². The summed E-state index contributed by atoms with van der Waals surface area (Å²) in [5.74, 6) is -0.445. The van der Waals surface area contributed by atoms with Gasteiger partial charge in [0.25, 0.3) is 11.6 Å². The number of benzene rings is 2. The molecule has 0 aliphatic heterocycles. The third kappa shape index (κ3) is 3.55. The Hall–Kier alpha value is -3.26. The Morgan fingerprint density at radius 1 is 1.17 bits per heavy atom. The van der Waals surface area contributed by atoms with Crippen LogP contribution in [0.15, 0.2) is 60.1 Å². The van der Waals surface area contributed by atoms with Crippen molar-refractivity contribution in [1.29, 1.82) is 0 Å². The fourth-order valence-electron chi connectivity index (χ4n) is 2.06. The van der Waals surface area contributed by atoms with Crippen LogP contribution in [-0.4, -0.2) is 15.8 Å². The maximum atomic E-state index is 12.2. The fraction of sp³-hybridized carbons (Fsp3) is 0. The number of hydrogen-bond donors (Lipinski definition) is 2. The minimum absolute atomic E-state index is 0.175. The number of carbonyl (C=O) groups is 1. The highest BCUT2D eigenvalue weighted by molar-refractivity contribution is 7.13. The quantitative estimate of drug-likeness (QED) is 0.539. The van der Waals surface area contributed by atoms with E-state index in [1.807, 2.05) is 18.2 Å². The van der Waals surface area contributed by atoms with Gasteiger partial charge in [0.05, 0.1) is 4.92 Å². The Balaban J connectivity index is 1.87. The van der Waals surface area contributed by atoms with Crippen LogP contribution < -0.4 is 10.6 Å². The van der Waals surface area contributed by atoms with Crippen molar-refractivity contribution in [3.05, 3.63) is 75.8 Å². The molecule has 1 aromatic heterocycles. The van der Waals surface area contributed by atoms with E-state index in [-0.39, 0.29) is 11.3 Å². The van der Waals surface area contributed by atoms with Crippen LogP contribution in [0.2, 0.25) is 0 Å². The first-order valence-corrected chi connectivity index (χ1v) is 7.83. The van der Waals surface area contributed by atoms with Crippen molar-refractivity contribution >= 4 is 39.4 Å². The molecule has 0 saturated carbocycles. The largest absolute Gasteiger partial charge is 0.350 e. The van der Waals surface area contributed by atoms with E-state index >= 15 is 0 Å². The minimum atomic E-state index is -0.522. The van der Waals surface area contributed by atoms with Gasteiger partial charge in [0.2, 0.25) is 0 Å². The molecule has 0 fully saturated rings. The first-order valence-electron chi connectivity index (χ1n) is 6.95. The zero-order valence-electron chi connectivity index (χ0n) is 12.3. The highest BCUT2D eigenvalue weighted by Crippen LogP contribution is 2.29. The van der Waals surface area contributed by atoms with E-state index in [1.54, 1.807) is 23.7 Å². The number of nitro groups is 1. The summed E-state index contributed by atoms with van der Waals surface area (Å²) in [6.45, 7) is 0. The maximum Gasteiger partial charge on any atom is 0.293 e. The highest BCUT2D eigenvalue weighted by atomic mass is 32.1. The molecule has 120 valence electrons. The molecule has 7 nitrogen and oxygen atoms in total. The number of nitrogens with zero attached hydrogens (tertiary/aromatic N) is 2. The van der Waals surface area contributed by atoms with E-state index in [0.717, 1.165) is 5.69 Å². The van der Waals surface area contributed by atoms with Gasteiger partial charge in [-0.25, -0.2) is 4.98 Å². The van der Waals surface area contributed by atoms with Crippen molar-refractivity contribution in [2.45, 2.75) is 0 Å². The smallest absolute Gasteiger partial charge is 0.293 e. The zero-order valence-corrected chi connectivity index (χ0v) is 13.1. The van der Waals surface area contributed by atoms with Gasteiger partial charge in [-0.1, -0.05) is 18.2 Å². The topological polar surface area (TPSA) is 97.2 Å². The Bertz CT molecular complexity index is 866. The number of anilines is 3. The van der Waals surface area contributed by atoms with Crippen LogP contribution in [-0.2, 0) is 0 Å². The summed E-state index contributed by atoms with van der Waals surface area (Å²) in [6.07, 6.45) is 1.57. The first-order chi connectivity index (χ1) is 11.6. The van der Waals surface area contributed by atoms with Crippen molar-refractivity contribution in [2.24, 2.45) is 0 Å². The highest BCUT2D eigenvalue weighted by Gasteiger charge is 2.18. The standard InChI is InChI=1S/C16H12N4O3S/c21-15(19-16-17-8-9-24-16)11-6-7-13(14(10-11)20(22)23)18-12-4-2-1-3-5-12/h1-10,18H,(H,17,19,21). The number of nitro benzene ring substituents is 1. The summed E-state index contributed by atoms with van der Waals surface area (Å²) in [5.41, 5.74) is 1.05. The molecule has 0 aliphatic rings. The molecule has 0 spiro atoms. The van der Waals surface area contributed by atoms with Crippen molar-refractivity contribution in [3.63, 3.8) is 0 Å². The van der Waals surface area contributed by atoms with Crippen LogP contribution in [0, 0.1) is 10.1 Å². The maximum absolute atomic E-state index is 12.2. The fourth-order valence-corrected chi connectivity index (χ4v) is 2.59. The van der Waals surface area contributed by atoms with E-state index in [4.69, 9.17) is 0 Å². The Labute approximate surface area is 141 Å². The number of thiazole rings is 1. The van der Waals surface area contributed by atoms with E-state index in [2.05, 4.69) is 15.6 Å². The summed E-state index contributed by atoms with van der Waals surface area (Å²) < 4.78 is 0. The summed E-state index contributed by atoms with van der Waals surface area (Å²) in [4.78, 5) is 26.9. The second-order valence-electron chi connectivity index (χ2n) is 4.77. The molecule has 1 amide bonds. The van der Waals surface area contributed by atoms with Crippen LogP contribution in [0.25, 0.3) is 0 Å². The van der Waals surface area contributed by atoms with Crippen LogP contribution >= 0.6 is 11.3 Å². The Morgan fingerprint density at radius 3 is 2.62 bits per heavy atom. The molecule has 8 heteroatoms. The van der Waals surface area contributed by atoms with Crippen LogP contribution in [0.3, 0.4) is 0 Å². The summed E-state index contributed by atoms with van der Waals surface area (Å²) in [5, 5.41) is 19.1. The lowest BCUT2D eigenvalue weighted by molar-refractivity contribution is -0.383. The van der Waals surface area contributed by atoms with Crippen LogP contribution in [0.5, 0.6) is 0 Å². The summed E-state index contributed by atoms with van der Waals surface area (Å²) >= 11 is 1.27. The summed E-state index contributed by atoms with van der Waals surface area (Å²) in [6, 6.07) is 13.4. The molecule has 3 rings (SSSR count). The number of rotatable bonds is 5. The van der Waals surface area contributed by atoms with Gasteiger partial charge in [-0.2, -0.15) is 0 Å². The molecule has 0 aliphatic carbocycles. The van der Waals surface area contributed by atoms with E-state index in [9.17, 15) is 14.9 Å². The number of aromatic nitrogens is 1. The van der Waals surface area contributed by atoms with Crippen molar-refractivity contribution in [3.8, 4) is 0 Å². The molecule has 24 heavy (non-hydrogen) atoms. The number of amides is 1. The molecule has 2 aromatic carbocycles. The monoisotopic (exact) mass is 340 g/mol. The molecule has 0 atom stereocenters. The van der Waals surface area contributed by atoms with Crippen LogP contribution in [0.1, 0.15) is 10.4 Å². The van der Waals surface area contributed by atoms with E-state index in [1.165, 1.54) is 29.5 Å². The van der Waals surface area contributed by atoms with Crippen molar-refractivity contribution in [2.75, 3.05) is 10.6 Å². The molecule has 0 radical (unpaired) electrons. The average molecular weight is 340 g/mol. The number of para-hydroxylation sites is 1. The van der Waals surface area contributed by atoms with Gasteiger partial charge in [-0.05, 0) is 24.3 Å². The van der Waals surface area contributed by atoms with Crippen LogP contribution in [0.4, 0.5) is 22.2 Å². The molecule has 0 bridgehead atoms. The van der Waals surface area contributed by atoms with E-state index < -0.39 is 10.8 Å². The zero-order chi connectivity index (χ0) is 16.9. The second-order valence-corrected chi connectivity index (χ2v) is 5.67. The number of nitrogens with one attached hydrogen (secondary N) is 2. The molecule has 1 heterocycles. The number of carbonyl (C=O) groups excluding carboxylic acids is 1. The third-order valence-electron chi connectivity index (χ3n) is 3.16. The predicted molar refractivity (Wildman–Crippen MR) is 92.9 cm³/mol. The van der Waals surface area contributed by atoms with Gasteiger partial charge in [-0.3, -0.25) is 20.2 Å². The third-order valence-corrected chi connectivity index (χ3v) is 3.85. The average Bonchev–Trinajstić information content (AvgIpc) is 3.09. The lowest BCUT2D eigenvalue weighted by Gasteiger charge is -2.08. The minimum Gasteiger partial charge on any atom is -0.350 e.